The first-order valence-corrected chi connectivity index (χ1v) is 10.4. The third kappa shape index (κ3) is 6.83. The molecule has 1 atom stereocenters. The van der Waals surface area contributed by atoms with E-state index in [-0.39, 0.29) is 12.4 Å². The summed E-state index contributed by atoms with van der Waals surface area (Å²) < 4.78 is 26.9. The molecule has 3 aromatic rings. The highest BCUT2D eigenvalue weighted by Crippen LogP contribution is 2.14. The van der Waals surface area contributed by atoms with Gasteiger partial charge in [-0.05, 0) is 36.2 Å². The van der Waals surface area contributed by atoms with Crippen molar-refractivity contribution in [2.45, 2.75) is 39.6 Å². The van der Waals surface area contributed by atoms with Crippen molar-refractivity contribution in [2.75, 3.05) is 19.7 Å². The van der Waals surface area contributed by atoms with Crippen LogP contribution in [0.1, 0.15) is 30.9 Å². The van der Waals surface area contributed by atoms with Crippen LogP contribution in [0.5, 0.6) is 0 Å². The molecular weight excluding hydrogens is 383 g/mol. The van der Waals surface area contributed by atoms with Gasteiger partial charge in [0.2, 0.25) is 0 Å². The summed E-state index contributed by atoms with van der Waals surface area (Å²) in [6.07, 6.45) is 2.97. The highest BCUT2D eigenvalue weighted by molar-refractivity contribution is 5.19. The first kappa shape index (κ1) is 22.3. The van der Waals surface area contributed by atoms with Gasteiger partial charge in [0, 0.05) is 37.1 Å². The second-order valence-corrected chi connectivity index (χ2v) is 8.06. The maximum absolute atomic E-state index is 14.1. The van der Waals surface area contributed by atoms with Gasteiger partial charge in [-0.1, -0.05) is 32.0 Å². The van der Waals surface area contributed by atoms with Gasteiger partial charge >= 0.3 is 0 Å². The molecule has 6 heteroatoms. The molecule has 1 N–H and O–H groups in total. The quantitative estimate of drug-likeness (QED) is 0.480. The highest BCUT2D eigenvalue weighted by atomic mass is 19.1. The minimum atomic E-state index is -0.603. The van der Waals surface area contributed by atoms with E-state index in [4.69, 9.17) is 9.15 Å². The highest BCUT2D eigenvalue weighted by Gasteiger charge is 2.16. The molecule has 0 saturated carbocycles. The fourth-order valence-electron chi connectivity index (χ4n) is 3.55. The number of halogens is 1. The molecule has 0 fully saturated rings. The fourth-order valence-corrected chi connectivity index (χ4v) is 3.55. The van der Waals surface area contributed by atoms with Gasteiger partial charge in [-0.15, -0.1) is 0 Å². The molecule has 3 rings (SSSR count). The van der Waals surface area contributed by atoms with Gasteiger partial charge in [-0.2, -0.15) is 0 Å². The van der Waals surface area contributed by atoms with Gasteiger partial charge in [-0.3, -0.25) is 4.90 Å². The number of nitrogens with zero attached hydrogens (tertiary/aromatic N) is 2. The maximum Gasteiger partial charge on any atom is 0.129 e. The Morgan fingerprint density at radius 3 is 2.67 bits per heavy atom. The van der Waals surface area contributed by atoms with Gasteiger partial charge in [0.05, 0.1) is 25.5 Å². The summed E-state index contributed by atoms with van der Waals surface area (Å²) in [5, 5.41) is 10.5. The van der Waals surface area contributed by atoms with Crippen LogP contribution in [0.15, 0.2) is 65.4 Å². The molecule has 0 spiro atoms. The smallest absolute Gasteiger partial charge is 0.129 e. The van der Waals surface area contributed by atoms with Crippen molar-refractivity contribution < 1.29 is 18.7 Å². The van der Waals surface area contributed by atoms with E-state index in [9.17, 15) is 9.50 Å². The van der Waals surface area contributed by atoms with Crippen molar-refractivity contribution in [3.63, 3.8) is 0 Å². The topological polar surface area (TPSA) is 50.8 Å². The number of furan rings is 1. The number of aliphatic hydroxyl groups excluding tert-OH is 1. The zero-order chi connectivity index (χ0) is 21.3. The molecule has 2 aromatic heterocycles. The van der Waals surface area contributed by atoms with Gasteiger partial charge in [0.1, 0.15) is 18.2 Å². The predicted molar refractivity (Wildman–Crippen MR) is 114 cm³/mol. The van der Waals surface area contributed by atoms with E-state index in [1.807, 2.05) is 42.6 Å². The van der Waals surface area contributed by atoms with Crippen molar-refractivity contribution in [3.05, 3.63) is 83.8 Å². The number of aromatic nitrogens is 1. The Labute approximate surface area is 177 Å². The van der Waals surface area contributed by atoms with Crippen molar-refractivity contribution in [2.24, 2.45) is 5.92 Å². The molecule has 0 aliphatic carbocycles. The monoisotopic (exact) mass is 414 g/mol. The predicted octanol–water partition coefficient (Wildman–Crippen LogP) is 4.30. The van der Waals surface area contributed by atoms with Crippen LogP contribution in [0.25, 0.3) is 0 Å². The van der Waals surface area contributed by atoms with E-state index in [0.29, 0.717) is 37.7 Å². The van der Waals surface area contributed by atoms with E-state index >= 15 is 0 Å². The molecule has 0 amide bonds. The lowest BCUT2D eigenvalue weighted by atomic mass is 10.2. The van der Waals surface area contributed by atoms with Crippen molar-refractivity contribution >= 4 is 0 Å². The van der Waals surface area contributed by atoms with Crippen LogP contribution in [0.2, 0.25) is 0 Å². The fraction of sp³-hybridized carbons (Fsp3) is 0.417. The zero-order valence-electron chi connectivity index (χ0n) is 17.7. The molecular formula is C24H31FN2O3. The van der Waals surface area contributed by atoms with Crippen LogP contribution in [0, 0.1) is 11.7 Å². The van der Waals surface area contributed by atoms with Gasteiger partial charge in [0.15, 0.2) is 0 Å². The van der Waals surface area contributed by atoms with Gasteiger partial charge in [0.25, 0.3) is 0 Å². The van der Waals surface area contributed by atoms with E-state index < -0.39 is 6.10 Å². The summed E-state index contributed by atoms with van der Waals surface area (Å²) in [5.74, 6) is 1.00. The SMILES string of the molecule is CC(C)CN(Cc1cccn1Cc1ccccc1F)C[C@@H](O)COCc1ccco1. The second-order valence-electron chi connectivity index (χ2n) is 8.06. The first-order valence-electron chi connectivity index (χ1n) is 10.4. The minimum Gasteiger partial charge on any atom is -0.467 e. The summed E-state index contributed by atoms with van der Waals surface area (Å²) in [5.41, 5.74) is 1.75. The molecule has 1 aromatic carbocycles. The molecule has 0 bridgehead atoms. The third-order valence-electron chi connectivity index (χ3n) is 4.83. The normalized spacial score (nSPS) is 12.7. The lowest BCUT2D eigenvalue weighted by Gasteiger charge is -2.27. The lowest BCUT2D eigenvalue weighted by Crippen LogP contribution is -2.37. The summed E-state index contributed by atoms with van der Waals surface area (Å²) in [6.45, 7) is 7.41. The largest absolute Gasteiger partial charge is 0.467 e. The molecule has 0 saturated heterocycles. The van der Waals surface area contributed by atoms with E-state index in [2.05, 4.69) is 23.3 Å². The van der Waals surface area contributed by atoms with Crippen LogP contribution in [-0.4, -0.2) is 40.4 Å². The average Bonchev–Trinajstić information content (AvgIpc) is 3.35. The van der Waals surface area contributed by atoms with Crippen LogP contribution < -0.4 is 0 Å². The Bertz CT molecular complexity index is 876. The first-order chi connectivity index (χ1) is 14.5. The molecule has 0 radical (unpaired) electrons. The van der Waals surface area contributed by atoms with E-state index in [1.54, 1.807) is 12.3 Å². The van der Waals surface area contributed by atoms with E-state index in [0.717, 1.165) is 18.0 Å². The molecule has 2 heterocycles. The minimum absolute atomic E-state index is 0.194. The Balaban J connectivity index is 1.58. The van der Waals surface area contributed by atoms with Crippen molar-refractivity contribution in [1.29, 1.82) is 0 Å². The van der Waals surface area contributed by atoms with Crippen LogP contribution in [-0.2, 0) is 24.4 Å². The van der Waals surface area contributed by atoms with Crippen molar-refractivity contribution in [3.8, 4) is 0 Å². The number of rotatable bonds is 12. The second kappa shape index (κ2) is 11.1. The Hall–Kier alpha value is -2.41. The zero-order valence-corrected chi connectivity index (χ0v) is 17.7. The molecule has 0 aliphatic heterocycles. The molecule has 0 aliphatic rings. The standard InChI is InChI=1S/C24H31FN2O3/c1-19(2)13-26(16-22(28)17-29-18-23-9-6-12-30-23)15-21-8-5-11-27(21)14-20-7-3-4-10-24(20)25/h3-12,19,22,28H,13-18H2,1-2H3/t22-/m1/s1. The summed E-state index contributed by atoms with van der Waals surface area (Å²) in [4.78, 5) is 2.22. The van der Waals surface area contributed by atoms with E-state index in [1.165, 1.54) is 6.07 Å². The lowest BCUT2D eigenvalue weighted by molar-refractivity contribution is 0.00193. The maximum atomic E-state index is 14.1. The van der Waals surface area contributed by atoms with Crippen LogP contribution in [0.3, 0.4) is 0 Å². The Morgan fingerprint density at radius 1 is 1.10 bits per heavy atom. The van der Waals surface area contributed by atoms with Crippen molar-refractivity contribution in [1.82, 2.24) is 9.47 Å². The molecule has 5 nitrogen and oxygen atoms in total. The Morgan fingerprint density at radius 2 is 1.93 bits per heavy atom. The number of hydrogen-bond acceptors (Lipinski definition) is 4. The summed E-state index contributed by atoms with van der Waals surface area (Å²) in [7, 11) is 0. The molecule has 162 valence electrons. The number of aliphatic hydroxyl groups is 1. The summed E-state index contributed by atoms with van der Waals surface area (Å²) in [6, 6.07) is 14.5. The Kier molecular flexibility index (Phi) is 8.25. The number of hydrogen-bond donors (Lipinski definition) is 1. The molecule has 30 heavy (non-hydrogen) atoms. The van der Waals surface area contributed by atoms with Gasteiger partial charge in [-0.25, -0.2) is 4.39 Å². The number of ether oxygens (including phenoxy) is 1. The number of benzene rings is 1. The summed E-state index contributed by atoms with van der Waals surface area (Å²) >= 11 is 0. The average molecular weight is 415 g/mol. The molecule has 0 unspecified atom stereocenters. The van der Waals surface area contributed by atoms with Crippen LogP contribution >= 0.6 is 0 Å². The third-order valence-corrected chi connectivity index (χ3v) is 4.83. The van der Waals surface area contributed by atoms with Crippen LogP contribution in [0.4, 0.5) is 4.39 Å². The van der Waals surface area contributed by atoms with Gasteiger partial charge < -0.3 is 18.8 Å².